The number of nitrogens with zero attached hydrogens (tertiary/aromatic N) is 1. The third kappa shape index (κ3) is 4.27. The van der Waals surface area contributed by atoms with Crippen LogP contribution < -0.4 is 10.2 Å². The van der Waals surface area contributed by atoms with Gasteiger partial charge in [0, 0.05) is 18.8 Å². The van der Waals surface area contributed by atoms with Gasteiger partial charge in [-0.25, -0.2) is 0 Å². The molecule has 3 atom stereocenters. The second-order valence-corrected chi connectivity index (χ2v) is 7.18. The molecular weight excluding hydrogens is 307 g/mol. The van der Waals surface area contributed by atoms with Gasteiger partial charge in [0.05, 0.1) is 10.7 Å². The number of amides is 1. The fraction of sp³-hybridized carbons (Fsp3) is 0.562. The minimum Gasteiger partial charge on any atom is -0.370 e. The Hall–Kier alpha value is -0.930. The molecule has 116 valence electrons. The van der Waals surface area contributed by atoms with Gasteiger partial charge in [-0.2, -0.15) is 0 Å². The van der Waals surface area contributed by atoms with E-state index in [9.17, 15) is 4.79 Å². The summed E-state index contributed by atoms with van der Waals surface area (Å²) in [6.07, 6.45) is 1.26. The monoisotopic (exact) mass is 328 g/mol. The van der Waals surface area contributed by atoms with Gasteiger partial charge >= 0.3 is 0 Å². The maximum Gasteiger partial charge on any atom is 0.242 e. The minimum absolute atomic E-state index is 0.222. The van der Waals surface area contributed by atoms with Crippen LogP contribution in [0.2, 0.25) is 5.02 Å². The Balaban J connectivity index is 2.13. The van der Waals surface area contributed by atoms with Crippen LogP contribution in [0.3, 0.4) is 0 Å². The van der Waals surface area contributed by atoms with Gasteiger partial charge in [0.25, 0.3) is 0 Å². The number of benzene rings is 1. The molecule has 0 bridgehead atoms. The highest BCUT2D eigenvalue weighted by Crippen LogP contribution is 2.33. The summed E-state index contributed by atoms with van der Waals surface area (Å²) in [5.41, 5.74) is 1.71. The zero-order valence-corrected chi connectivity index (χ0v) is 14.2. The first-order valence-corrected chi connectivity index (χ1v) is 8.17. The van der Waals surface area contributed by atoms with Crippen molar-refractivity contribution in [3.63, 3.8) is 0 Å². The number of anilines is 2. The Morgan fingerprint density at radius 1 is 1.33 bits per heavy atom. The zero-order chi connectivity index (χ0) is 15.6. The Bertz CT molecular complexity index is 509. The van der Waals surface area contributed by atoms with Crippen molar-refractivity contribution in [3.05, 3.63) is 23.2 Å². The van der Waals surface area contributed by atoms with Crippen molar-refractivity contribution < 1.29 is 4.79 Å². The predicted molar refractivity (Wildman–Crippen MR) is 90.6 cm³/mol. The highest BCUT2D eigenvalue weighted by atomic mass is 35.5. The van der Waals surface area contributed by atoms with E-state index in [1.165, 1.54) is 6.42 Å². The van der Waals surface area contributed by atoms with Gasteiger partial charge in [0.15, 0.2) is 0 Å². The molecule has 1 aliphatic heterocycles. The molecule has 5 heteroatoms. The third-order valence-electron chi connectivity index (χ3n) is 3.79. The Morgan fingerprint density at radius 3 is 2.48 bits per heavy atom. The first-order valence-electron chi connectivity index (χ1n) is 7.36. The molecular formula is C16H22Cl2N2O. The van der Waals surface area contributed by atoms with Crippen molar-refractivity contribution in [1.82, 2.24) is 0 Å². The van der Waals surface area contributed by atoms with Gasteiger partial charge in [0.1, 0.15) is 5.38 Å². The molecule has 3 unspecified atom stereocenters. The SMILES string of the molecule is CC1CC(C)CN(c2ccc(NC(=O)C(C)Cl)cc2Cl)C1. The van der Waals surface area contributed by atoms with Crippen LogP contribution >= 0.6 is 23.2 Å². The first-order chi connectivity index (χ1) is 9.86. The number of carbonyl (C=O) groups is 1. The van der Waals surface area contributed by atoms with Crippen LogP contribution in [-0.4, -0.2) is 24.4 Å². The van der Waals surface area contributed by atoms with Crippen LogP contribution in [0.4, 0.5) is 11.4 Å². The zero-order valence-electron chi connectivity index (χ0n) is 12.7. The number of carbonyl (C=O) groups excluding carboxylic acids is 1. The smallest absolute Gasteiger partial charge is 0.242 e. The number of nitrogens with one attached hydrogen (secondary N) is 1. The van der Waals surface area contributed by atoms with E-state index in [0.29, 0.717) is 22.5 Å². The summed E-state index contributed by atoms with van der Waals surface area (Å²) in [6, 6.07) is 5.64. The van der Waals surface area contributed by atoms with Gasteiger partial charge < -0.3 is 10.2 Å². The van der Waals surface area contributed by atoms with Gasteiger partial charge in [-0.15, -0.1) is 11.6 Å². The number of hydrogen-bond donors (Lipinski definition) is 1. The lowest BCUT2D eigenvalue weighted by Crippen LogP contribution is -2.38. The molecule has 0 aliphatic carbocycles. The van der Waals surface area contributed by atoms with E-state index in [-0.39, 0.29) is 5.91 Å². The molecule has 1 amide bonds. The molecule has 0 spiro atoms. The topological polar surface area (TPSA) is 32.3 Å². The summed E-state index contributed by atoms with van der Waals surface area (Å²) in [5.74, 6) is 1.11. The number of alkyl halides is 1. The van der Waals surface area contributed by atoms with E-state index in [2.05, 4.69) is 24.1 Å². The maximum atomic E-state index is 11.6. The number of hydrogen-bond acceptors (Lipinski definition) is 2. The Morgan fingerprint density at radius 2 is 1.95 bits per heavy atom. The molecule has 0 saturated carbocycles. The van der Waals surface area contributed by atoms with E-state index in [1.807, 2.05) is 12.1 Å². The standard InChI is InChI=1S/C16H22Cl2N2O/c1-10-6-11(2)9-20(8-10)15-5-4-13(7-14(15)18)19-16(21)12(3)17/h4-5,7,10-12H,6,8-9H2,1-3H3,(H,19,21). The molecule has 0 radical (unpaired) electrons. The van der Waals surface area contributed by atoms with Gasteiger partial charge in [-0.3, -0.25) is 4.79 Å². The molecule has 2 rings (SSSR count). The normalized spacial score (nSPS) is 23.8. The van der Waals surface area contributed by atoms with Crippen LogP contribution in [-0.2, 0) is 4.79 Å². The summed E-state index contributed by atoms with van der Waals surface area (Å²) in [6.45, 7) is 8.23. The molecule has 1 aromatic carbocycles. The molecule has 1 heterocycles. The molecule has 1 N–H and O–H groups in total. The van der Waals surface area contributed by atoms with E-state index in [4.69, 9.17) is 23.2 Å². The summed E-state index contributed by atoms with van der Waals surface area (Å²) in [4.78, 5) is 13.9. The lowest BCUT2D eigenvalue weighted by molar-refractivity contribution is -0.115. The van der Waals surface area contributed by atoms with Crippen LogP contribution in [0.25, 0.3) is 0 Å². The molecule has 1 aromatic rings. The minimum atomic E-state index is -0.563. The molecule has 1 saturated heterocycles. The van der Waals surface area contributed by atoms with E-state index >= 15 is 0 Å². The predicted octanol–water partition coefficient (Wildman–Crippen LogP) is 4.39. The lowest BCUT2D eigenvalue weighted by atomic mass is 9.91. The Kier molecular flexibility index (Phi) is 5.39. The van der Waals surface area contributed by atoms with Crippen molar-refractivity contribution in [2.75, 3.05) is 23.3 Å². The highest BCUT2D eigenvalue weighted by Gasteiger charge is 2.23. The van der Waals surface area contributed by atoms with Gasteiger partial charge in [-0.05, 0) is 43.4 Å². The number of piperidine rings is 1. The molecule has 1 fully saturated rings. The average molecular weight is 329 g/mol. The molecule has 21 heavy (non-hydrogen) atoms. The van der Waals surface area contributed by atoms with E-state index in [1.54, 1.807) is 13.0 Å². The fourth-order valence-corrected chi connectivity index (χ4v) is 3.30. The lowest BCUT2D eigenvalue weighted by Gasteiger charge is -2.37. The Labute approximate surface area is 136 Å². The van der Waals surface area contributed by atoms with Crippen LogP contribution in [0.5, 0.6) is 0 Å². The van der Waals surface area contributed by atoms with Crippen molar-refractivity contribution in [3.8, 4) is 0 Å². The van der Waals surface area contributed by atoms with Crippen molar-refractivity contribution in [1.29, 1.82) is 0 Å². The second kappa shape index (κ2) is 6.89. The summed E-state index contributed by atoms with van der Waals surface area (Å²) in [7, 11) is 0. The van der Waals surface area contributed by atoms with E-state index < -0.39 is 5.38 Å². The van der Waals surface area contributed by atoms with Crippen LogP contribution in [0, 0.1) is 11.8 Å². The van der Waals surface area contributed by atoms with Gasteiger partial charge in [0.2, 0.25) is 5.91 Å². The second-order valence-electron chi connectivity index (χ2n) is 6.12. The summed E-state index contributed by atoms with van der Waals surface area (Å²) >= 11 is 12.1. The molecule has 3 nitrogen and oxygen atoms in total. The largest absolute Gasteiger partial charge is 0.370 e. The fourth-order valence-electron chi connectivity index (χ4n) is 2.94. The summed E-state index contributed by atoms with van der Waals surface area (Å²) < 4.78 is 0. The molecule has 0 aromatic heterocycles. The summed E-state index contributed by atoms with van der Waals surface area (Å²) in [5, 5.41) is 2.86. The molecule has 1 aliphatic rings. The average Bonchev–Trinajstić information content (AvgIpc) is 2.37. The van der Waals surface area contributed by atoms with Crippen molar-refractivity contribution in [2.45, 2.75) is 32.6 Å². The number of rotatable bonds is 3. The third-order valence-corrected chi connectivity index (χ3v) is 4.29. The van der Waals surface area contributed by atoms with E-state index in [0.717, 1.165) is 18.8 Å². The first kappa shape index (κ1) is 16.4. The van der Waals surface area contributed by atoms with Crippen molar-refractivity contribution in [2.24, 2.45) is 11.8 Å². The van der Waals surface area contributed by atoms with Gasteiger partial charge in [-0.1, -0.05) is 25.4 Å². The number of halogens is 2. The maximum absolute atomic E-state index is 11.6. The van der Waals surface area contributed by atoms with Crippen LogP contribution in [0.1, 0.15) is 27.2 Å². The highest BCUT2D eigenvalue weighted by molar-refractivity contribution is 6.34. The van der Waals surface area contributed by atoms with Crippen LogP contribution in [0.15, 0.2) is 18.2 Å². The quantitative estimate of drug-likeness (QED) is 0.834. The van der Waals surface area contributed by atoms with Crippen molar-refractivity contribution >= 4 is 40.5 Å².